The van der Waals surface area contributed by atoms with Gasteiger partial charge in [0.1, 0.15) is 12.4 Å². The van der Waals surface area contributed by atoms with E-state index in [2.05, 4.69) is 10.3 Å². The van der Waals surface area contributed by atoms with Crippen molar-refractivity contribution in [2.75, 3.05) is 34.0 Å². The molecule has 5 nitrogen and oxygen atoms in total. The van der Waals surface area contributed by atoms with E-state index < -0.39 is 0 Å². The van der Waals surface area contributed by atoms with Crippen LogP contribution in [0, 0.1) is 0 Å². The molecule has 18 heavy (non-hydrogen) atoms. The molecular formula is C13H22N2O3. The zero-order valence-electron chi connectivity index (χ0n) is 11.3. The topological polar surface area (TPSA) is 52.6 Å². The van der Waals surface area contributed by atoms with Gasteiger partial charge in [-0.15, -0.1) is 0 Å². The summed E-state index contributed by atoms with van der Waals surface area (Å²) in [7, 11) is 3.36. The zero-order chi connectivity index (χ0) is 13.2. The van der Waals surface area contributed by atoms with Gasteiger partial charge in [-0.05, 0) is 19.1 Å². The lowest BCUT2D eigenvalue weighted by Crippen LogP contribution is -2.19. The average Bonchev–Trinajstić information content (AvgIpc) is 2.42. The highest BCUT2D eigenvalue weighted by Crippen LogP contribution is 2.09. The first-order valence-electron chi connectivity index (χ1n) is 6.06. The van der Waals surface area contributed by atoms with Crippen LogP contribution < -0.4 is 10.1 Å². The SMILES string of the molecule is COCCNCc1ccc(OCC(C)OC)cn1. The lowest BCUT2D eigenvalue weighted by molar-refractivity contribution is 0.0715. The van der Waals surface area contributed by atoms with Crippen LogP contribution in [0.2, 0.25) is 0 Å². The van der Waals surface area contributed by atoms with E-state index in [1.807, 2.05) is 19.1 Å². The summed E-state index contributed by atoms with van der Waals surface area (Å²) in [6.45, 7) is 4.75. The van der Waals surface area contributed by atoms with Crippen molar-refractivity contribution in [3.05, 3.63) is 24.0 Å². The van der Waals surface area contributed by atoms with Crippen LogP contribution >= 0.6 is 0 Å². The van der Waals surface area contributed by atoms with E-state index in [9.17, 15) is 0 Å². The maximum Gasteiger partial charge on any atom is 0.137 e. The molecule has 1 unspecified atom stereocenters. The summed E-state index contributed by atoms with van der Waals surface area (Å²) < 4.78 is 15.6. The Morgan fingerprint density at radius 2 is 2.17 bits per heavy atom. The van der Waals surface area contributed by atoms with Gasteiger partial charge in [0.15, 0.2) is 0 Å². The van der Waals surface area contributed by atoms with Gasteiger partial charge in [-0.1, -0.05) is 0 Å². The number of nitrogens with zero attached hydrogens (tertiary/aromatic N) is 1. The van der Waals surface area contributed by atoms with Crippen LogP contribution in [0.4, 0.5) is 0 Å². The van der Waals surface area contributed by atoms with E-state index >= 15 is 0 Å². The van der Waals surface area contributed by atoms with E-state index in [1.165, 1.54) is 0 Å². The molecule has 0 aliphatic heterocycles. The van der Waals surface area contributed by atoms with Crippen LogP contribution in [-0.2, 0) is 16.0 Å². The Hall–Kier alpha value is -1.17. The smallest absolute Gasteiger partial charge is 0.137 e. The molecule has 1 heterocycles. The Morgan fingerprint density at radius 3 is 2.78 bits per heavy atom. The molecule has 0 saturated heterocycles. The summed E-state index contributed by atoms with van der Waals surface area (Å²) in [6, 6.07) is 3.87. The molecule has 1 aromatic heterocycles. The zero-order valence-corrected chi connectivity index (χ0v) is 11.3. The van der Waals surface area contributed by atoms with E-state index in [0.717, 1.165) is 24.5 Å². The number of methoxy groups -OCH3 is 2. The highest BCUT2D eigenvalue weighted by Gasteiger charge is 2.01. The molecule has 0 fully saturated rings. The third-order valence-electron chi connectivity index (χ3n) is 2.47. The van der Waals surface area contributed by atoms with Crippen LogP contribution in [0.25, 0.3) is 0 Å². The molecule has 1 atom stereocenters. The van der Waals surface area contributed by atoms with Crippen molar-refractivity contribution in [2.45, 2.75) is 19.6 Å². The largest absolute Gasteiger partial charge is 0.489 e. The third kappa shape index (κ3) is 5.95. The number of aromatic nitrogens is 1. The van der Waals surface area contributed by atoms with E-state index in [-0.39, 0.29) is 6.10 Å². The highest BCUT2D eigenvalue weighted by atomic mass is 16.5. The number of ether oxygens (including phenoxy) is 3. The molecule has 1 N–H and O–H groups in total. The molecule has 0 amide bonds. The molecular weight excluding hydrogens is 232 g/mol. The van der Waals surface area contributed by atoms with Crippen LogP contribution in [0.5, 0.6) is 5.75 Å². The fourth-order valence-electron chi connectivity index (χ4n) is 1.27. The number of nitrogens with one attached hydrogen (secondary N) is 1. The van der Waals surface area contributed by atoms with Gasteiger partial charge in [-0.25, -0.2) is 0 Å². The predicted molar refractivity (Wildman–Crippen MR) is 69.8 cm³/mol. The molecule has 0 saturated carbocycles. The first-order chi connectivity index (χ1) is 8.76. The molecule has 0 aliphatic carbocycles. The summed E-state index contributed by atoms with van der Waals surface area (Å²) in [4.78, 5) is 4.31. The standard InChI is InChI=1S/C13H22N2O3/c1-11(17-3)10-18-13-5-4-12(15-9-13)8-14-6-7-16-2/h4-5,9,11,14H,6-8,10H2,1-3H3. The van der Waals surface area contributed by atoms with Crippen LogP contribution in [0.3, 0.4) is 0 Å². The van der Waals surface area contributed by atoms with Gasteiger partial charge in [-0.3, -0.25) is 4.98 Å². The summed E-state index contributed by atoms with van der Waals surface area (Å²) in [6.07, 6.45) is 1.82. The molecule has 0 aromatic carbocycles. The minimum Gasteiger partial charge on any atom is -0.489 e. The quantitative estimate of drug-likeness (QED) is 0.672. The van der Waals surface area contributed by atoms with Crippen LogP contribution in [-0.4, -0.2) is 45.1 Å². The number of rotatable bonds is 9. The Balaban J connectivity index is 2.28. The van der Waals surface area contributed by atoms with Gasteiger partial charge in [0.05, 0.1) is 24.6 Å². The van der Waals surface area contributed by atoms with Gasteiger partial charge < -0.3 is 19.5 Å². The molecule has 1 rings (SSSR count). The Kier molecular flexibility index (Phi) is 7.32. The van der Waals surface area contributed by atoms with Gasteiger partial charge in [0.25, 0.3) is 0 Å². The molecule has 5 heteroatoms. The second-order valence-corrected chi connectivity index (χ2v) is 4.01. The summed E-state index contributed by atoms with van der Waals surface area (Å²) >= 11 is 0. The minimum atomic E-state index is 0.0837. The number of hydrogen-bond donors (Lipinski definition) is 1. The van der Waals surface area contributed by atoms with E-state index in [1.54, 1.807) is 20.4 Å². The molecule has 102 valence electrons. The second kappa shape index (κ2) is 8.85. The average molecular weight is 254 g/mol. The Labute approximate surface area is 108 Å². The first kappa shape index (κ1) is 14.9. The first-order valence-corrected chi connectivity index (χ1v) is 6.06. The summed E-state index contributed by atoms with van der Waals surface area (Å²) in [5.41, 5.74) is 0.984. The minimum absolute atomic E-state index is 0.0837. The number of hydrogen-bond acceptors (Lipinski definition) is 5. The van der Waals surface area contributed by atoms with Crippen LogP contribution in [0.1, 0.15) is 12.6 Å². The third-order valence-corrected chi connectivity index (χ3v) is 2.47. The fourth-order valence-corrected chi connectivity index (χ4v) is 1.27. The van der Waals surface area contributed by atoms with Crippen LogP contribution in [0.15, 0.2) is 18.3 Å². The van der Waals surface area contributed by atoms with E-state index in [0.29, 0.717) is 13.2 Å². The van der Waals surface area contributed by atoms with Crippen molar-refractivity contribution in [3.8, 4) is 5.75 Å². The molecule has 0 aliphatic rings. The number of pyridine rings is 1. The van der Waals surface area contributed by atoms with Crippen molar-refractivity contribution in [1.82, 2.24) is 10.3 Å². The summed E-state index contributed by atoms with van der Waals surface area (Å²) in [5, 5.41) is 3.23. The maximum absolute atomic E-state index is 5.53. The second-order valence-electron chi connectivity index (χ2n) is 4.01. The molecule has 1 aromatic rings. The van der Waals surface area contributed by atoms with Gasteiger partial charge in [-0.2, -0.15) is 0 Å². The maximum atomic E-state index is 5.53. The van der Waals surface area contributed by atoms with Gasteiger partial charge >= 0.3 is 0 Å². The Bertz CT molecular complexity index is 317. The van der Waals surface area contributed by atoms with Gasteiger partial charge in [0.2, 0.25) is 0 Å². The molecule has 0 bridgehead atoms. The van der Waals surface area contributed by atoms with E-state index in [4.69, 9.17) is 14.2 Å². The monoisotopic (exact) mass is 254 g/mol. The molecule has 0 spiro atoms. The lowest BCUT2D eigenvalue weighted by Gasteiger charge is -2.11. The predicted octanol–water partition coefficient (Wildman–Crippen LogP) is 1.23. The van der Waals surface area contributed by atoms with Crippen molar-refractivity contribution >= 4 is 0 Å². The normalized spacial score (nSPS) is 12.4. The lowest BCUT2D eigenvalue weighted by atomic mass is 10.3. The summed E-state index contributed by atoms with van der Waals surface area (Å²) in [5.74, 6) is 0.763. The fraction of sp³-hybridized carbons (Fsp3) is 0.615. The van der Waals surface area contributed by atoms with Crippen molar-refractivity contribution < 1.29 is 14.2 Å². The van der Waals surface area contributed by atoms with Crippen molar-refractivity contribution in [2.24, 2.45) is 0 Å². The highest BCUT2D eigenvalue weighted by molar-refractivity contribution is 5.19. The van der Waals surface area contributed by atoms with Crippen molar-refractivity contribution in [3.63, 3.8) is 0 Å². The Morgan fingerprint density at radius 1 is 1.33 bits per heavy atom. The van der Waals surface area contributed by atoms with Gasteiger partial charge in [0, 0.05) is 27.3 Å². The van der Waals surface area contributed by atoms with Crippen molar-refractivity contribution in [1.29, 1.82) is 0 Å². The molecule has 0 radical (unpaired) electrons.